The van der Waals surface area contributed by atoms with Crippen LogP contribution >= 0.6 is 0 Å². The van der Waals surface area contributed by atoms with Gasteiger partial charge in [-0.2, -0.15) is 0 Å². The number of hydrogen-bond acceptors (Lipinski definition) is 5. The maximum absolute atomic E-state index is 12.2. The maximum atomic E-state index is 12.2. The number of carbonyl (C=O) groups excluding carboxylic acids is 1. The van der Waals surface area contributed by atoms with Gasteiger partial charge in [0.1, 0.15) is 11.5 Å². The molecule has 2 aromatic heterocycles. The van der Waals surface area contributed by atoms with Crippen molar-refractivity contribution in [3.63, 3.8) is 0 Å². The summed E-state index contributed by atoms with van der Waals surface area (Å²) in [6.45, 7) is 0. The Morgan fingerprint density at radius 1 is 1.10 bits per heavy atom. The average molecular weight is 279 g/mol. The molecule has 0 fully saturated rings. The highest BCUT2D eigenvalue weighted by Gasteiger charge is 2.12. The number of nitrogens with zero attached hydrogens (tertiary/aromatic N) is 3. The van der Waals surface area contributed by atoms with Gasteiger partial charge in [0.25, 0.3) is 5.91 Å². The zero-order chi connectivity index (χ0) is 14.7. The van der Waals surface area contributed by atoms with Gasteiger partial charge < -0.3 is 5.32 Å². The number of benzene rings is 1. The molecule has 3 aromatic rings. The van der Waals surface area contributed by atoms with Gasteiger partial charge in [0.05, 0.1) is 0 Å². The maximum Gasteiger partial charge on any atom is 0.276 e. The molecule has 0 saturated carbocycles. The second-order valence-corrected chi connectivity index (χ2v) is 4.35. The molecule has 0 spiro atoms. The summed E-state index contributed by atoms with van der Waals surface area (Å²) in [7, 11) is 1.77. The molecule has 1 amide bonds. The van der Waals surface area contributed by atoms with Crippen molar-refractivity contribution in [1.29, 1.82) is 0 Å². The van der Waals surface area contributed by atoms with Crippen molar-refractivity contribution < 1.29 is 4.79 Å². The normalized spacial score (nSPS) is 10.3. The summed E-state index contributed by atoms with van der Waals surface area (Å²) in [4.78, 5) is 24.5. The van der Waals surface area contributed by atoms with E-state index in [2.05, 4.69) is 25.6 Å². The molecule has 0 unspecified atom stereocenters. The Kier molecular flexibility index (Phi) is 3.42. The van der Waals surface area contributed by atoms with Crippen molar-refractivity contribution in [2.75, 3.05) is 17.7 Å². The van der Waals surface area contributed by atoms with E-state index in [1.165, 1.54) is 0 Å². The highest BCUT2D eigenvalue weighted by Crippen LogP contribution is 2.22. The molecule has 2 heterocycles. The molecule has 0 atom stereocenters. The Morgan fingerprint density at radius 2 is 1.86 bits per heavy atom. The van der Waals surface area contributed by atoms with Crippen LogP contribution in [0.3, 0.4) is 0 Å². The summed E-state index contributed by atoms with van der Waals surface area (Å²) < 4.78 is 0. The molecule has 6 nitrogen and oxygen atoms in total. The molecule has 0 radical (unpaired) electrons. The number of rotatable bonds is 3. The number of fused-ring (bicyclic) bond motifs is 1. The monoisotopic (exact) mass is 279 g/mol. The van der Waals surface area contributed by atoms with E-state index in [0.29, 0.717) is 11.5 Å². The Hall–Kier alpha value is -3.02. The van der Waals surface area contributed by atoms with Crippen molar-refractivity contribution in [2.45, 2.75) is 0 Å². The van der Waals surface area contributed by atoms with Gasteiger partial charge in [0, 0.05) is 24.8 Å². The first-order valence-corrected chi connectivity index (χ1v) is 6.44. The van der Waals surface area contributed by atoms with E-state index < -0.39 is 0 Å². The molecule has 0 bridgehead atoms. The summed E-state index contributed by atoms with van der Waals surface area (Å²) in [5.41, 5.74) is 0.311. The lowest BCUT2D eigenvalue weighted by atomic mass is 10.1. The molecule has 0 aliphatic heterocycles. The van der Waals surface area contributed by atoms with E-state index >= 15 is 0 Å². The molecule has 0 saturated heterocycles. The third kappa shape index (κ3) is 2.64. The number of amides is 1. The standard InChI is InChI=1S/C15H13N5O/c1-16-13-11-6-3-2-5-10(11)9-12(19-13)14(21)20-15-17-7-4-8-18-15/h2-9H,1H3,(H,16,19)(H,17,18,20,21). The number of nitrogens with one attached hydrogen (secondary N) is 2. The van der Waals surface area contributed by atoms with Crippen LogP contribution in [0.25, 0.3) is 10.8 Å². The van der Waals surface area contributed by atoms with Crippen LogP contribution < -0.4 is 10.6 Å². The Bertz CT molecular complexity index is 788. The minimum atomic E-state index is -0.344. The van der Waals surface area contributed by atoms with Crippen LogP contribution in [-0.4, -0.2) is 27.9 Å². The van der Waals surface area contributed by atoms with Gasteiger partial charge in [-0.3, -0.25) is 10.1 Å². The predicted octanol–water partition coefficient (Wildman–Crippen LogP) is 2.32. The average Bonchev–Trinajstić information content (AvgIpc) is 2.54. The number of hydrogen-bond donors (Lipinski definition) is 2. The van der Waals surface area contributed by atoms with E-state index in [1.54, 1.807) is 31.6 Å². The molecule has 6 heteroatoms. The minimum Gasteiger partial charge on any atom is -0.373 e. The summed E-state index contributed by atoms with van der Waals surface area (Å²) >= 11 is 0. The van der Waals surface area contributed by atoms with Gasteiger partial charge in [-0.05, 0) is 17.5 Å². The lowest BCUT2D eigenvalue weighted by molar-refractivity contribution is 0.102. The summed E-state index contributed by atoms with van der Waals surface area (Å²) in [6.07, 6.45) is 3.13. The Balaban J connectivity index is 1.98. The van der Waals surface area contributed by atoms with Crippen LogP contribution in [0.1, 0.15) is 10.5 Å². The fourth-order valence-corrected chi connectivity index (χ4v) is 2.03. The molecule has 21 heavy (non-hydrogen) atoms. The number of anilines is 2. The molecule has 104 valence electrons. The molecule has 1 aromatic carbocycles. The molecule has 0 aliphatic rings. The molecule has 2 N–H and O–H groups in total. The van der Waals surface area contributed by atoms with E-state index in [-0.39, 0.29) is 11.9 Å². The highest BCUT2D eigenvalue weighted by molar-refractivity contribution is 6.05. The van der Waals surface area contributed by atoms with Crippen molar-refractivity contribution in [3.05, 3.63) is 54.5 Å². The van der Waals surface area contributed by atoms with Crippen LogP contribution in [0.4, 0.5) is 11.8 Å². The number of aromatic nitrogens is 3. The summed E-state index contributed by atoms with van der Waals surface area (Å²) in [5.74, 6) is 0.569. The highest BCUT2D eigenvalue weighted by atomic mass is 16.2. The van der Waals surface area contributed by atoms with E-state index in [1.807, 2.05) is 24.3 Å². The van der Waals surface area contributed by atoms with E-state index in [4.69, 9.17) is 0 Å². The first kappa shape index (κ1) is 13.0. The van der Waals surface area contributed by atoms with Crippen molar-refractivity contribution in [2.24, 2.45) is 0 Å². The van der Waals surface area contributed by atoms with Crippen molar-refractivity contribution in [1.82, 2.24) is 15.0 Å². The lowest BCUT2D eigenvalue weighted by Gasteiger charge is -2.08. The van der Waals surface area contributed by atoms with Crippen LogP contribution in [0.15, 0.2) is 48.8 Å². The van der Waals surface area contributed by atoms with Crippen molar-refractivity contribution in [3.8, 4) is 0 Å². The van der Waals surface area contributed by atoms with Crippen LogP contribution in [-0.2, 0) is 0 Å². The van der Waals surface area contributed by atoms with Crippen LogP contribution in [0.2, 0.25) is 0 Å². The number of pyridine rings is 1. The fraction of sp³-hybridized carbons (Fsp3) is 0.0667. The second kappa shape index (κ2) is 5.54. The van der Waals surface area contributed by atoms with E-state index in [0.717, 1.165) is 10.8 Å². The fourth-order valence-electron chi connectivity index (χ4n) is 2.03. The van der Waals surface area contributed by atoms with Crippen LogP contribution in [0, 0.1) is 0 Å². The third-order valence-corrected chi connectivity index (χ3v) is 3.00. The number of carbonyl (C=O) groups is 1. The van der Waals surface area contributed by atoms with Gasteiger partial charge in [-0.15, -0.1) is 0 Å². The van der Waals surface area contributed by atoms with Gasteiger partial charge in [0.15, 0.2) is 0 Å². The molecular weight excluding hydrogens is 266 g/mol. The topological polar surface area (TPSA) is 79.8 Å². The quantitative estimate of drug-likeness (QED) is 0.769. The van der Waals surface area contributed by atoms with E-state index in [9.17, 15) is 4.79 Å². The molecule has 3 rings (SSSR count). The summed E-state index contributed by atoms with van der Waals surface area (Å²) in [5, 5.41) is 7.54. The molecular formula is C15H13N5O. The molecule has 0 aliphatic carbocycles. The predicted molar refractivity (Wildman–Crippen MR) is 81.3 cm³/mol. The first-order valence-electron chi connectivity index (χ1n) is 6.44. The second-order valence-electron chi connectivity index (χ2n) is 4.35. The summed E-state index contributed by atoms with van der Waals surface area (Å²) in [6, 6.07) is 11.2. The Labute approximate surface area is 121 Å². The minimum absolute atomic E-state index is 0.253. The van der Waals surface area contributed by atoms with Crippen LogP contribution in [0.5, 0.6) is 0 Å². The lowest BCUT2D eigenvalue weighted by Crippen LogP contribution is -2.16. The van der Waals surface area contributed by atoms with Gasteiger partial charge in [-0.25, -0.2) is 15.0 Å². The SMILES string of the molecule is CNc1nc(C(=O)Nc2ncccn2)cc2ccccc12. The van der Waals surface area contributed by atoms with Crippen molar-refractivity contribution >= 4 is 28.4 Å². The third-order valence-electron chi connectivity index (χ3n) is 3.00. The zero-order valence-electron chi connectivity index (χ0n) is 11.4. The Morgan fingerprint density at radius 3 is 2.62 bits per heavy atom. The smallest absolute Gasteiger partial charge is 0.276 e. The van der Waals surface area contributed by atoms with Gasteiger partial charge in [0.2, 0.25) is 5.95 Å². The van der Waals surface area contributed by atoms with Gasteiger partial charge in [-0.1, -0.05) is 24.3 Å². The largest absolute Gasteiger partial charge is 0.373 e. The van der Waals surface area contributed by atoms with Gasteiger partial charge >= 0.3 is 0 Å². The first-order chi connectivity index (χ1) is 10.3. The zero-order valence-corrected chi connectivity index (χ0v) is 11.4.